The Kier molecular flexibility index (Phi) is 9.72. The number of likely N-dealkylation sites (tertiary alicyclic amines) is 1. The lowest BCUT2D eigenvalue weighted by atomic mass is 9.98. The lowest BCUT2D eigenvalue weighted by Gasteiger charge is -2.34. The smallest absolute Gasteiger partial charge is 0.262 e. The average molecular weight is 810 g/mol. The average Bonchev–Trinajstić information content (AvgIpc) is 3.92. The maximum absolute atomic E-state index is 14.0. The Balaban J connectivity index is 0.829. The van der Waals surface area contributed by atoms with Crippen LogP contribution in [0.25, 0.3) is 11.0 Å². The van der Waals surface area contributed by atoms with Gasteiger partial charge in [-0.25, -0.2) is 9.67 Å². The van der Waals surface area contributed by atoms with E-state index in [1.54, 1.807) is 21.8 Å². The number of amides is 6. The van der Waals surface area contributed by atoms with Crippen LogP contribution in [0.1, 0.15) is 68.7 Å². The first-order valence-electron chi connectivity index (χ1n) is 20.0. The Labute approximate surface area is 344 Å². The van der Waals surface area contributed by atoms with Gasteiger partial charge in [0.25, 0.3) is 11.8 Å². The molecule has 60 heavy (non-hydrogen) atoms. The summed E-state index contributed by atoms with van der Waals surface area (Å²) >= 11 is 0. The van der Waals surface area contributed by atoms with Crippen LogP contribution in [0, 0.1) is 13.8 Å². The van der Waals surface area contributed by atoms with Gasteiger partial charge in [-0.1, -0.05) is 24.3 Å². The van der Waals surface area contributed by atoms with Crippen LogP contribution in [0.3, 0.4) is 0 Å². The molecule has 2 saturated heterocycles. The molecule has 306 valence electrons. The van der Waals surface area contributed by atoms with Crippen molar-refractivity contribution in [1.82, 2.24) is 39.8 Å². The van der Waals surface area contributed by atoms with Crippen LogP contribution in [0.2, 0.25) is 0 Å². The Morgan fingerprint density at radius 3 is 2.45 bits per heavy atom. The van der Waals surface area contributed by atoms with Crippen molar-refractivity contribution in [3.63, 3.8) is 0 Å². The summed E-state index contributed by atoms with van der Waals surface area (Å²) in [5, 5.41) is 17.5. The molecule has 17 heteroatoms. The number of benzene rings is 3. The highest BCUT2D eigenvalue weighted by molar-refractivity contribution is 6.23. The fourth-order valence-electron chi connectivity index (χ4n) is 8.67. The van der Waals surface area contributed by atoms with Crippen LogP contribution in [0.4, 0.5) is 28.8 Å². The van der Waals surface area contributed by atoms with Gasteiger partial charge in [0, 0.05) is 56.4 Å². The van der Waals surface area contributed by atoms with Crippen molar-refractivity contribution < 1.29 is 28.8 Å². The summed E-state index contributed by atoms with van der Waals surface area (Å²) in [6.45, 7) is 5.35. The molecule has 4 aliphatic heterocycles. The third-order valence-corrected chi connectivity index (χ3v) is 11.8. The Bertz CT molecular complexity index is 2640. The highest BCUT2D eigenvalue weighted by atomic mass is 16.2. The second-order valence-corrected chi connectivity index (χ2v) is 15.7. The molecule has 6 heterocycles. The lowest BCUT2D eigenvalue weighted by molar-refractivity contribution is -0.143. The van der Waals surface area contributed by atoms with Crippen LogP contribution in [-0.4, -0.2) is 102 Å². The lowest BCUT2D eigenvalue weighted by Crippen LogP contribution is -2.54. The standard InChI is InChI=1S/C43H43N11O6/c1-23-6-4-7-24(2)36(23)48-37-31-20-45-43(49-38(31)51(3)50-37)46-28-10-9-25-15-17-52(22-26(25)18-28)42(60)33-8-5-16-53(33)35(56)21-44-27-11-12-29-30(19-27)41(59)54(40(29)58)32-13-14-34(55)47-39(32)57/h4,6-7,9-12,18-20,32-33,44H,5,8,13-17,21-22H2,1-3H3,(H,48,50)(H,45,46,49)(H,47,55,57). The molecule has 2 fully saturated rings. The quantitative estimate of drug-likeness (QED) is 0.157. The summed E-state index contributed by atoms with van der Waals surface area (Å²) in [6, 6.07) is 15.1. The number of para-hydroxylation sites is 1. The van der Waals surface area contributed by atoms with Crippen molar-refractivity contribution in [2.75, 3.05) is 35.6 Å². The van der Waals surface area contributed by atoms with E-state index < -0.39 is 35.7 Å². The maximum atomic E-state index is 14.0. The number of nitrogens with one attached hydrogen (secondary N) is 4. The minimum absolute atomic E-state index is 0.0263. The van der Waals surface area contributed by atoms with E-state index >= 15 is 0 Å². The van der Waals surface area contributed by atoms with Crippen molar-refractivity contribution in [1.29, 1.82) is 0 Å². The predicted octanol–water partition coefficient (Wildman–Crippen LogP) is 3.86. The molecule has 0 aliphatic carbocycles. The van der Waals surface area contributed by atoms with Crippen molar-refractivity contribution >= 4 is 75.3 Å². The van der Waals surface area contributed by atoms with E-state index in [2.05, 4.69) is 63.4 Å². The van der Waals surface area contributed by atoms with Crippen molar-refractivity contribution in [3.05, 3.63) is 94.2 Å². The van der Waals surface area contributed by atoms with Crippen LogP contribution in [-0.2, 0) is 39.2 Å². The molecule has 0 bridgehead atoms. The molecule has 6 amide bonds. The molecule has 0 radical (unpaired) electrons. The predicted molar refractivity (Wildman–Crippen MR) is 221 cm³/mol. The van der Waals surface area contributed by atoms with E-state index in [0.29, 0.717) is 62.0 Å². The highest BCUT2D eigenvalue weighted by Gasteiger charge is 2.45. The van der Waals surface area contributed by atoms with E-state index in [-0.39, 0.29) is 42.3 Å². The number of carbonyl (C=O) groups excluding carboxylic acids is 6. The minimum Gasteiger partial charge on any atom is -0.376 e. The van der Waals surface area contributed by atoms with Crippen LogP contribution in [0.5, 0.6) is 0 Å². The van der Waals surface area contributed by atoms with Gasteiger partial charge in [-0.15, -0.1) is 0 Å². The third kappa shape index (κ3) is 6.94. The second-order valence-electron chi connectivity index (χ2n) is 15.7. The van der Waals surface area contributed by atoms with Gasteiger partial charge in [-0.2, -0.15) is 10.1 Å². The molecule has 5 aromatic rings. The van der Waals surface area contributed by atoms with E-state index in [4.69, 9.17) is 4.98 Å². The van der Waals surface area contributed by atoms with Crippen LogP contribution in [0.15, 0.2) is 60.8 Å². The molecule has 4 N–H and O–H groups in total. The van der Waals surface area contributed by atoms with Crippen LogP contribution >= 0.6 is 0 Å². The van der Waals surface area contributed by atoms with Gasteiger partial charge in [-0.3, -0.25) is 39.0 Å². The number of carbonyl (C=O) groups is 6. The zero-order valence-electron chi connectivity index (χ0n) is 33.4. The van der Waals surface area contributed by atoms with Gasteiger partial charge in [0.05, 0.1) is 23.1 Å². The topological polar surface area (TPSA) is 204 Å². The zero-order chi connectivity index (χ0) is 41.8. The number of anilines is 5. The van der Waals surface area contributed by atoms with Gasteiger partial charge in [0.2, 0.25) is 29.6 Å². The molecule has 2 atom stereocenters. The van der Waals surface area contributed by atoms with Crippen molar-refractivity contribution in [2.24, 2.45) is 7.05 Å². The molecular weight excluding hydrogens is 767 g/mol. The Hall–Kier alpha value is -7.17. The summed E-state index contributed by atoms with van der Waals surface area (Å²) in [7, 11) is 1.84. The second kappa shape index (κ2) is 15.2. The van der Waals surface area contributed by atoms with E-state index in [1.165, 1.54) is 12.1 Å². The van der Waals surface area contributed by atoms with Crippen LogP contribution < -0.4 is 21.3 Å². The summed E-state index contributed by atoms with van der Waals surface area (Å²) in [5.41, 5.74) is 7.51. The first kappa shape index (κ1) is 38.4. The SMILES string of the molecule is Cc1cccc(C)c1Nc1nn(C)c2nc(Nc3ccc4c(c3)CN(C(=O)C3CCCN3C(=O)CNc3ccc5c(c3)C(=O)N(C3CCC(=O)NC3=O)C5=O)CC4)ncc12. The highest BCUT2D eigenvalue weighted by Crippen LogP contribution is 2.32. The third-order valence-electron chi connectivity index (χ3n) is 11.8. The number of rotatable bonds is 9. The molecule has 3 aromatic carbocycles. The number of imide groups is 2. The number of aryl methyl sites for hydroxylation is 3. The zero-order valence-corrected chi connectivity index (χ0v) is 33.4. The molecule has 2 unspecified atom stereocenters. The normalized spacial score (nSPS) is 18.8. The van der Waals surface area contributed by atoms with Gasteiger partial charge < -0.3 is 25.8 Å². The molecule has 0 saturated carbocycles. The molecule has 4 aliphatic rings. The fourth-order valence-corrected chi connectivity index (χ4v) is 8.67. The number of piperidine rings is 1. The molecular formula is C43H43N11O6. The number of nitrogens with zero attached hydrogens (tertiary/aromatic N) is 7. The van der Waals surface area contributed by atoms with Crippen molar-refractivity contribution in [3.8, 4) is 0 Å². The number of hydrogen-bond acceptors (Lipinski definition) is 12. The molecule has 17 nitrogen and oxygen atoms in total. The largest absolute Gasteiger partial charge is 0.376 e. The fraction of sp³-hybridized carbons (Fsp3) is 0.326. The number of fused-ring (bicyclic) bond motifs is 3. The Morgan fingerprint density at radius 2 is 1.65 bits per heavy atom. The van der Waals surface area contributed by atoms with E-state index in [0.717, 1.165) is 43.9 Å². The van der Waals surface area contributed by atoms with Gasteiger partial charge in [0.1, 0.15) is 12.1 Å². The number of aromatic nitrogens is 4. The first-order valence-corrected chi connectivity index (χ1v) is 20.0. The van der Waals surface area contributed by atoms with Crippen molar-refractivity contribution in [2.45, 2.75) is 64.6 Å². The minimum atomic E-state index is -1.07. The molecule has 2 aromatic heterocycles. The summed E-state index contributed by atoms with van der Waals surface area (Å²) < 4.78 is 1.72. The first-order chi connectivity index (χ1) is 28.9. The summed E-state index contributed by atoms with van der Waals surface area (Å²) in [5.74, 6) is -1.65. The van der Waals surface area contributed by atoms with E-state index in [9.17, 15) is 28.8 Å². The molecule has 9 rings (SSSR count). The number of hydrogen-bond donors (Lipinski definition) is 4. The summed E-state index contributed by atoms with van der Waals surface area (Å²) in [6.07, 6.45) is 3.76. The maximum Gasteiger partial charge on any atom is 0.262 e. The van der Waals surface area contributed by atoms with Gasteiger partial charge in [0.15, 0.2) is 11.5 Å². The summed E-state index contributed by atoms with van der Waals surface area (Å²) in [4.78, 5) is 91.7. The van der Waals surface area contributed by atoms with Gasteiger partial charge >= 0.3 is 0 Å². The van der Waals surface area contributed by atoms with Gasteiger partial charge in [-0.05, 0) is 92.1 Å². The monoisotopic (exact) mass is 809 g/mol. The van der Waals surface area contributed by atoms with E-state index in [1.807, 2.05) is 30.1 Å². The molecule has 0 spiro atoms. The Morgan fingerprint density at radius 1 is 0.867 bits per heavy atom.